The zero-order valence-electron chi connectivity index (χ0n) is 9.13. The minimum absolute atomic E-state index is 0.120. The van der Waals surface area contributed by atoms with Gasteiger partial charge in [-0.1, -0.05) is 0 Å². The molecule has 0 saturated heterocycles. The van der Waals surface area contributed by atoms with Crippen LogP contribution in [0, 0.1) is 0 Å². The summed E-state index contributed by atoms with van der Waals surface area (Å²) in [6.45, 7) is 4.84. The summed E-state index contributed by atoms with van der Waals surface area (Å²) in [6.07, 6.45) is 1.11. The number of aliphatic hydroxyl groups excluding tert-OH is 1. The number of nitrogens with zero attached hydrogens (tertiary/aromatic N) is 3. The first-order valence-electron chi connectivity index (χ1n) is 5.00. The maximum Gasteiger partial charge on any atom is 0.164 e. The Labute approximate surface area is 89.1 Å². The van der Waals surface area contributed by atoms with Crippen molar-refractivity contribution in [3.05, 3.63) is 12.2 Å². The summed E-state index contributed by atoms with van der Waals surface area (Å²) in [5.41, 5.74) is 5.37. The van der Waals surface area contributed by atoms with Crippen LogP contribution in [-0.2, 0) is 17.8 Å². The van der Waals surface area contributed by atoms with Gasteiger partial charge in [-0.2, -0.15) is 5.10 Å². The van der Waals surface area contributed by atoms with Crippen LogP contribution >= 0.6 is 0 Å². The molecule has 1 aromatic rings. The Morgan fingerprint density at radius 2 is 2.33 bits per heavy atom. The van der Waals surface area contributed by atoms with Crippen molar-refractivity contribution in [2.45, 2.75) is 39.1 Å². The van der Waals surface area contributed by atoms with Crippen LogP contribution in [0.4, 0.5) is 0 Å². The van der Waals surface area contributed by atoms with Gasteiger partial charge in [-0.15, -0.1) is 0 Å². The van der Waals surface area contributed by atoms with Crippen molar-refractivity contribution in [3.8, 4) is 0 Å². The van der Waals surface area contributed by atoms with E-state index in [0.29, 0.717) is 25.5 Å². The second-order valence-corrected chi connectivity index (χ2v) is 3.62. The molecular weight excluding hydrogens is 196 g/mol. The molecule has 1 aromatic heterocycles. The molecule has 6 nitrogen and oxygen atoms in total. The van der Waals surface area contributed by atoms with Gasteiger partial charge >= 0.3 is 0 Å². The van der Waals surface area contributed by atoms with Crippen molar-refractivity contribution in [2.75, 3.05) is 6.61 Å². The second kappa shape index (κ2) is 5.79. The molecule has 0 aliphatic carbocycles. The van der Waals surface area contributed by atoms with E-state index in [2.05, 4.69) is 10.1 Å². The van der Waals surface area contributed by atoms with Gasteiger partial charge in [0, 0.05) is 0 Å². The van der Waals surface area contributed by atoms with Gasteiger partial charge in [0.2, 0.25) is 0 Å². The molecule has 15 heavy (non-hydrogen) atoms. The summed E-state index contributed by atoms with van der Waals surface area (Å²) in [4.78, 5) is 3.96. The zero-order chi connectivity index (χ0) is 11.3. The highest BCUT2D eigenvalue weighted by Crippen LogP contribution is 1.96. The van der Waals surface area contributed by atoms with Crippen LogP contribution in [0.1, 0.15) is 19.7 Å². The predicted molar refractivity (Wildman–Crippen MR) is 55.0 cm³/mol. The van der Waals surface area contributed by atoms with Gasteiger partial charge < -0.3 is 15.6 Å². The van der Waals surface area contributed by atoms with Gasteiger partial charge in [-0.25, -0.2) is 9.67 Å². The van der Waals surface area contributed by atoms with E-state index in [9.17, 15) is 5.11 Å². The monoisotopic (exact) mass is 214 g/mol. The molecule has 1 rings (SSSR count). The molecule has 1 unspecified atom stereocenters. The van der Waals surface area contributed by atoms with Crippen molar-refractivity contribution in [1.29, 1.82) is 0 Å². The fourth-order valence-electron chi connectivity index (χ4n) is 1.09. The summed E-state index contributed by atoms with van der Waals surface area (Å²) in [5, 5.41) is 13.6. The minimum Gasteiger partial charge on any atom is -0.389 e. The van der Waals surface area contributed by atoms with Crippen LogP contribution in [0.25, 0.3) is 0 Å². The van der Waals surface area contributed by atoms with E-state index in [0.717, 1.165) is 0 Å². The predicted octanol–water partition coefficient (Wildman–Crippen LogP) is -0.477. The molecule has 0 aromatic carbocycles. The lowest BCUT2D eigenvalue weighted by Gasteiger charge is -2.12. The van der Waals surface area contributed by atoms with Gasteiger partial charge in [-0.3, -0.25) is 0 Å². The summed E-state index contributed by atoms with van der Waals surface area (Å²) < 4.78 is 6.84. The highest BCUT2D eigenvalue weighted by atomic mass is 16.5. The lowest BCUT2D eigenvalue weighted by atomic mass is 10.4. The van der Waals surface area contributed by atoms with Gasteiger partial charge in [-0.05, 0) is 13.8 Å². The summed E-state index contributed by atoms with van der Waals surface area (Å²) in [5.74, 6) is 0.576. The maximum absolute atomic E-state index is 9.59. The molecule has 0 radical (unpaired) electrons. The SMILES string of the molecule is CC(C)OCC(O)Cn1cnc(CN)n1. The Morgan fingerprint density at radius 1 is 1.60 bits per heavy atom. The Balaban J connectivity index is 2.33. The van der Waals surface area contributed by atoms with Crippen molar-refractivity contribution in [1.82, 2.24) is 14.8 Å². The molecule has 6 heteroatoms. The Kier molecular flexibility index (Phi) is 4.67. The Bertz CT molecular complexity index is 287. The van der Waals surface area contributed by atoms with Crippen molar-refractivity contribution < 1.29 is 9.84 Å². The van der Waals surface area contributed by atoms with Crippen molar-refractivity contribution in [2.24, 2.45) is 5.73 Å². The highest BCUT2D eigenvalue weighted by molar-refractivity contribution is 4.79. The highest BCUT2D eigenvalue weighted by Gasteiger charge is 2.08. The fourth-order valence-corrected chi connectivity index (χ4v) is 1.09. The Hall–Kier alpha value is -0.980. The fraction of sp³-hybridized carbons (Fsp3) is 0.778. The Morgan fingerprint density at radius 3 is 2.87 bits per heavy atom. The largest absolute Gasteiger partial charge is 0.389 e. The molecule has 0 aliphatic heterocycles. The van der Waals surface area contributed by atoms with E-state index in [1.54, 1.807) is 11.0 Å². The average molecular weight is 214 g/mol. The van der Waals surface area contributed by atoms with E-state index in [4.69, 9.17) is 10.5 Å². The lowest BCUT2D eigenvalue weighted by molar-refractivity contribution is -0.00208. The number of ether oxygens (including phenoxy) is 1. The first-order chi connectivity index (χ1) is 7.11. The number of hydrogen-bond acceptors (Lipinski definition) is 5. The quantitative estimate of drug-likeness (QED) is 0.668. The average Bonchev–Trinajstić information content (AvgIpc) is 2.62. The third-order valence-electron chi connectivity index (χ3n) is 1.79. The van der Waals surface area contributed by atoms with Crippen molar-refractivity contribution in [3.63, 3.8) is 0 Å². The smallest absolute Gasteiger partial charge is 0.164 e. The zero-order valence-corrected chi connectivity index (χ0v) is 9.13. The molecule has 0 amide bonds. The van der Waals surface area contributed by atoms with Crippen LogP contribution in [0.5, 0.6) is 0 Å². The maximum atomic E-state index is 9.59. The van der Waals surface area contributed by atoms with Crippen LogP contribution in [0.3, 0.4) is 0 Å². The molecule has 0 aliphatic rings. The summed E-state index contributed by atoms with van der Waals surface area (Å²) >= 11 is 0. The summed E-state index contributed by atoms with van der Waals surface area (Å²) in [6, 6.07) is 0. The van der Waals surface area contributed by atoms with Crippen LogP contribution in [0.2, 0.25) is 0 Å². The number of aliphatic hydroxyl groups is 1. The first-order valence-corrected chi connectivity index (χ1v) is 5.00. The second-order valence-electron chi connectivity index (χ2n) is 3.62. The molecule has 1 heterocycles. The molecule has 0 saturated carbocycles. The number of hydrogen-bond donors (Lipinski definition) is 2. The van der Waals surface area contributed by atoms with E-state index in [1.807, 2.05) is 13.8 Å². The summed E-state index contributed by atoms with van der Waals surface area (Å²) in [7, 11) is 0. The van der Waals surface area contributed by atoms with E-state index < -0.39 is 6.10 Å². The molecule has 3 N–H and O–H groups in total. The van der Waals surface area contributed by atoms with Gasteiger partial charge in [0.05, 0.1) is 31.9 Å². The van der Waals surface area contributed by atoms with E-state index in [1.165, 1.54) is 0 Å². The lowest BCUT2D eigenvalue weighted by Crippen LogP contribution is -2.24. The van der Waals surface area contributed by atoms with Crippen LogP contribution in [-0.4, -0.2) is 38.7 Å². The standard InChI is InChI=1S/C9H18N4O2/c1-7(2)15-5-8(14)4-13-6-11-9(3-10)12-13/h6-8,14H,3-5,10H2,1-2H3. The normalized spacial score (nSPS) is 13.4. The first kappa shape index (κ1) is 12.1. The van der Waals surface area contributed by atoms with Crippen LogP contribution < -0.4 is 5.73 Å². The molecule has 86 valence electrons. The molecule has 0 spiro atoms. The molecule has 1 atom stereocenters. The number of rotatable bonds is 6. The molecule has 0 bridgehead atoms. The van der Waals surface area contributed by atoms with Gasteiger partial charge in [0.15, 0.2) is 5.82 Å². The topological polar surface area (TPSA) is 86.2 Å². The molecule has 0 fully saturated rings. The number of nitrogens with two attached hydrogens (primary N) is 1. The van der Waals surface area contributed by atoms with E-state index >= 15 is 0 Å². The van der Waals surface area contributed by atoms with E-state index in [-0.39, 0.29) is 6.10 Å². The third kappa shape index (κ3) is 4.37. The van der Waals surface area contributed by atoms with Crippen LogP contribution in [0.15, 0.2) is 6.33 Å². The number of aromatic nitrogens is 3. The van der Waals surface area contributed by atoms with Gasteiger partial charge in [0.25, 0.3) is 0 Å². The third-order valence-corrected chi connectivity index (χ3v) is 1.79. The minimum atomic E-state index is -0.570. The molecular formula is C9H18N4O2. The van der Waals surface area contributed by atoms with Crippen molar-refractivity contribution >= 4 is 0 Å². The van der Waals surface area contributed by atoms with Gasteiger partial charge in [0.1, 0.15) is 6.33 Å².